The number of nitriles is 1. The lowest BCUT2D eigenvalue weighted by Crippen LogP contribution is -1.98. The van der Waals surface area contributed by atoms with Crippen LogP contribution in [0.2, 0.25) is 0 Å². The van der Waals surface area contributed by atoms with Gasteiger partial charge in [0.05, 0.1) is 16.9 Å². The van der Waals surface area contributed by atoms with E-state index < -0.39 is 0 Å². The Morgan fingerprint density at radius 3 is 2.60 bits per heavy atom. The zero-order valence-corrected chi connectivity index (χ0v) is 13.7. The molecule has 0 aliphatic heterocycles. The lowest BCUT2D eigenvalue weighted by molar-refractivity contribution is 0.628. The number of halogens is 1. The highest BCUT2D eigenvalue weighted by Gasteiger charge is 2.24. The molecule has 0 bridgehead atoms. The largest absolute Gasteiger partial charge is 0.326 e. The Morgan fingerprint density at radius 2 is 1.88 bits per heavy atom. The molecule has 3 aromatic rings. The minimum absolute atomic E-state index is 0.255. The lowest BCUT2D eigenvalue weighted by atomic mass is 10.1. The number of aryl methyl sites for hydroxylation is 1. The quantitative estimate of drug-likeness (QED) is 0.634. The van der Waals surface area contributed by atoms with Gasteiger partial charge < -0.3 is 4.57 Å². The molecule has 0 spiro atoms. The summed E-state index contributed by atoms with van der Waals surface area (Å²) in [4.78, 5) is 8.78. The molecule has 1 heterocycles. The van der Waals surface area contributed by atoms with Gasteiger partial charge >= 0.3 is 0 Å². The molecule has 1 aromatic heterocycles. The number of benzene rings is 2. The summed E-state index contributed by atoms with van der Waals surface area (Å²) in [5, 5.41) is 9.87. The van der Waals surface area contributed by atoms with E-state index in [1.54, 1.807) is 6.07 Å². The van der Waals surface area contributed by atoms with Gasteiger partial charge in [0, 0.05) is 29.5 Å². The first-order valence-corrected chi connectivity index (χ1v) is 8.13. The fourth-order valence-corrected chi connectivity index (χ4v) is 3.37. The Balaban J connectivity index is 1.89. The average Bonchev–Trinajstić information content (AvgIpc) is 3.13. The Kier molecular flexibility index (Phi) is 3.66. The maximum absolute atomic E-state index is 13.6. The van der Waals surface area contributed by atoms with Crippen molar-refractivity contribution in [2.75, 3.05) is 0 Å². The van der Waals surface area contributed by atoms with Gasteiger partial charge in [-0.25, -0.2) is 9.38 Å². The van der Waals surface area contributed by atoms with Crippen LogP contribution in [-0.4, -0.2) is 16.0 Å². The van der Waals surface area contributed by atoms with E-state index in [0.717, 1.165) is 39.3 Å². The molecule has 2 aromatic carbocycles. The van der Waals surface area contributed by atoms with E-state index >= 15 is 0 Å². The smallest absolute Gasteiger partial charge is 0.205 e. The van der Waals surface area contributed by atoms with Gasteiger partial charge in [-0.05, 0) is 31.2 Å². The van der Waals surface area contributed by atoms with Gasteiger partial charge in [0.1, 0.15) is 11.6 Å². The van der Waals surface area contributed by atoms with E-state index in [1.807, 2.05) is 48.0 Å². The van der Waals surface area contributed by atoms with Crippen LogP contribution < -0.4 is 0 Å². The highest BCUT2D eigenvalue weighted by molar-refractivity contribution is 6.28. The van der Waals surface area contributed by atoms with E-state index in [0.29, 0.717) is 13.0 Å². The van der Waals surface area contributed by atoms with Crippen LogP contribution in [0.15, 0.2) is 58.5 Å². The van der Waals surface area contributed by atoms with E-state index in [1.165, 1.54) is 12.1 Å². The third-order valence-corrected chi connectivity index (χ3v) is 4.48. The van der Waals surface area contributed by atoms with Crippen molar-refractivity contribution >= 4 is 28.1 Å². The van der Waals surface area contributed by atoms with Crippen LogP contribution in [0.3, 0.4) is 0 Å². The van der Waals surface area contributed by atoms with Crippen LogP contribution in [0, 0.1) is 17.3 Å². The summed E-state index contributed by atoms with van der Waals surface area (Å²) < 4.78 is 15.6. The van der Waals surface area contributed by atoms with Crippen molar-refractivity contribution in [1.29, 1.82) is 5.26 Å². The second-order valence-electron chi connectivity index (χ2n) is 5.89. The van der Waals surface area contributed by atoms with Gasteiger partial charge in [0.25, 0.3) is 0 Å². The third kappa shape index (κ3) is 2.52. The second kappa shape index (κ2) is 5.99. The molecule has 122 valence electrons. The Hall–Kier alpha value is -3.26. The number of nitrogens with zero attached hydrogens (tertiary/aromatic N) is 4. The fourth-order valence-electron chi connectivity index (χ4n) is 3.37. The van der Waals surface area contributed by atoms with E-state index in [-0.39, 0.29) is 5.82 Å². The Bertz CT molecular complexity index is 1080. The van der Waals surface area contributed by atoms with Crippen LogP contribution in [0.1, 0.15) is 24.5 Å². The van der Waals surface area contributed by atoms with E-state index in [9.17, 15) is 4.39 Å². The summed E-state index contributed by atoms with van der Waals surface area (Å²) >= 11 is 0. The van der Waals surface area contributed by atoms with Crippen LogP contribution in [0.4, 0.5) is 10.2 Å². The van der Waals surface area contributed by atoms with Gasteiger partial charge in [-0.2, -0.15) is 10.3 Å². The number of aromatic nitrogens is 1. The second-order valence-corrected chi connectivity index (χ2v) is 5.89. The van der Waals surface area contributed by atoms with Crippen LogP contribution in [0.5, 0.6) is 0 Å². The van der Waals surface area contributed by atoms with Crippen molar-refractivity contribution in [2.45, 2.75) is 19.9 Å². The van der Waals surface area contributed by atoms with Crippen molar-refractivity contribution < 1.29 is 4.39 Å². The van der Waals surface area contributed by atoms with E-state index in [2.05, 4.69) is 4.99 Å². The third-order valence-electron chi connectivity index (χ3n) is 4.48. The molecule has 5 heteroatoms. The highest BCUT2D eigenvalue weighted by atomic mass is 19.1. The van der Waals surface area contributed by atoms with Gasteiger partial charge in [0.15, 0.2) is 0 Å². The molecule has 0 saturated heterocycles. The first-order valence-electron chi connectivity index (χ1n) is 8.13. The molecular formula is C20H15FN4. The fraction of sp³-hybridized carbons (Fsp3) is 0.150. The summed E-state index contributed by atoms with van der Waals surface area (Å²) in [6.07, 6.45) is 2.39. The first-order chi connectivity index (χ1) is 12.2. The minimum atomic E-state index is -0.255. The monoisotopic (exact) mass is 330 g/mol. The van der Waals surface area contributed by atoms with Crippen molar-refractivity contribution in [3.8, 4) is 6.19 Å². The summed E-state index contributed by atoms with van der Waals surface area (Å²) in [6, 6.07) is 14.6. The van der Waals surface area contributed by atoms with Gasteiger partial charge in [0.2, 0.25) is 6.19 Å². The molecule has 1 aliphatic rings. The zero-order valence-electron chi connectivity index (χ0n) is 13.7. The highest BCUT2D eigenvalue weighted by Crippen LogP contribution is 2.30. The predicted molar refractivity (Wildman–Crippen MR) is 97.0 cm³/mol. The summed E-state index contributed by atoms with van der Waals surface area (Å²) in [5.41, 5.74) is 4.40. The molecular weight excluding hydrogens is 315 g/mol. The summed E-state index contributed by atoms with van der Waals surface area (Å²) in [6.45, 7) is 2.71. The van der Waals surface area contributed by atoms with Crippen molar-refractivity contribution in [3.05, 3.63) is 65.5 Å². The molecule has 0 unspecified atom stereocenters. The molecule has 1 aliphatic carbocycles. The van der Waals surface area contributed by atoms with Crippen molar-refractivity contribution in [2.24, 2.45) is 9.98 Å². The molecule has 0 fully saturated rings. The van der Waals surface area contributed by atoms with Crippen molar-refractivity contribution in [1.82, 2.24) is 4.57 Å². The standard InChI is InChI=1S/C20H15FN4/c1-2-25-19-10-14(21)8-7-13(19)9-20(25)24-18-11-17(23-12-22)15-5-3-4-6-16(15)18/h3-10H,2,11H2,1H3. The van der Waals surface area contributed by atoms with Gasteiger partial charge in [-0.15, -0.1) is 0 Å². The Morgan fingerprint density at radius 1 is 1.12 bits per heavy atom. The molecule has 0 saturated carbocycles. The molecule has 0 atom stereocenters. The molecule has 0 N–H and O–H groups in total. The van der Waals surface area contributed by atoms with Gasteiger partial charge in [-0.3, -0.25) is 0 Å². The topological polar surface area (TPSA) is 53.4 Å². The number of fused-ring (bicyclic) bond motifs is 2. The van der Waals surface area contributed by atoms with Crippen LogP contribution in [0.25, 0.3) is 10.9 Å². The van der Waals surface area contributed by atoms with Crippen LogP contribution in [-0.2, 0) is 6.54 Å². The number of aliphatic imine (C=N–C) groups is 2. The molecule has 4 rings (SSSR count). The lowest BCUT2D eigenvalue weighted by Gasteiger charge is -2.05. The number of rotatable bonds is 2. The van der Waals surface area contributed by atoms with Gasteiger partial charge in [-0.1, -0.05) is 24.3 Å². The first kappa shape index (κ1) is 15.3. The SMILES string of the molecule is CCn1c(N=C2CC(=NC#N)c3ccccc32)cc2ccc(F)cc21. The van der Waals surface area contributed by atoms with Crippen LogP contribution >= 0.6 is 0 Å². The molecule has 25 heavy (non-hydrogen) atoms. The van der Waals surface area contributed by atoms with Crippen molar-refractivity contribution in [3.63, 3.8) is 0 Å². The average molecular weight is 330 g/mol. The minimum Gasteiger partial charge on any atom is -0.326 e. The summed E-state index contributed by atoms with van der Waals surface area (Å²) in [7, 11) is 0. The molecule has 0 amide bonds. The molecule has 4 nitrogen and oxygen atoms in total. The maximum Gasteiger partial charge on any atom is 0.205 e. The molecule has 0 radical (unpaired) electrons. The number of hydrogen-bond acceptors (Lipinski definition) is 3. The predicted octanol–water partition coefficient (Wildman–Crippen LogP) is 4.59. The maximum atomic E-state index is 13.6. The zero-order chi connectivity index (χ0) is 17.4. The summed E-state index contributed by atoms with van der Waals surface area (Å²) in [5.74, 6) is 0.528. The number of hydrogen-bond donors (Lipinski definition) is 0. The normalized spacial score (nSPS) is 16.5. The van der Waals surface area contributed by atoms with E-state index in [4.69, 9.17) is 10.3 Å². The Labute approximate surface area is 144 Å².